The maximum atomic E-state index is 13.2. The number of hydrogen-bond acceptors (Lipinski definition) is 4. The van der Waals surface area contributed by atoms with Gasteiger partial charge in [0.1, 0.15) is 11.6 Å². The lowest BCUT2D eigenvalue weighted by Gasteiger charge is -2.11. The quantitative estimate of drug-likeness (QED) is 0.883. The highest BCUT2D eigenvalue weighted by Gasteiger charge is 2.10. The Balaban J connectivity index is 2.43. The zero-order valence-corrected chi connectivity index (χ0v) is 12.6. The van der Waals surface area contributed by atoms with Crippen molar-refractivity contribution in [3.05, 3.63) is 41.3 Å². The molecule has 0 radical (unpaired) electrons. The number of nitrogens with zero attached hydrogens (tertiary/aromatic N) is 2. The van der Waals surface area contributed by atoms with E-state index in [1.54, 1.807) is 13.2 Å². The molecule has 4 nitrogen and oxygen atoms in total. The normalized spacial score (nSPS) is 10.7. The highest BCUT2D eigenvalue weighted by atomic mass is 19.1. The van der Waals surface area contributed by atoms with Crippen molar-refractivity contribution < 1.29 is 9.13 Å². The molecule has 0 spiro atoms. The first-order valence-electron chi connectivity index (χ1n) is 7.01. The van der Waals surface area contributed by atoms with Crippen molar-refractivity contribution >= 4 is 5.82 Å². The zero-order chi connectivity index (χ0) is 15.2. The fourth-order valence-corrected chi connectivity index (χ4v) is 2.06. The molecule has 0 fully saturated rings. The van der Waals surface area contributed by atoms with E-state index in [0.717, 1.165) is 35.6 Å². The number of methoxy groups -OCH3 is 1. The summed E-state index contributed by atoms with van der Waals surface area (Å²) in [6.07, 6.45) is 1.01. The summed E-state index contributed by atoms with van der Waals surface area (Å²) in [7, 11) is 1.63. The van der Waals surface area contributed by atoms with E-state index in [4.69, 9.17) is 4.74 Å². The van der Waals surface area contributed by atoms with Gasteiger partial charge in [-0.2, -0.15) is 0 Å². The van der Waals surface area contributed by atoms with Gasteiger partial charge in [-0.15, -0.1) is 0 Å². The average molecular weight is 289 g/mol. The maximum absolute atomic E-state index is 13.2. The summed E-state index contributed by atoms with van der Waals surface area (Å²) in [5.74, 6) is 1.09. The molecule has 1 heterocycles. The molecule has 1 aromatic heterocycles. The summed E-state index contributed by atoms with van der Waals surface area (Å²) in [6, 6.07) is 6.50. The van der Waals surface area contributed by atoms with Gasteiger partial charge >= 0.3 is 0 Å². The molecule has 2 aromatic rings. The zero-order valence-electron chi connectivity index (χ0n) is 12.6. The number of aromatic nitrogens is 2. The Morgan fingerprint density at radius 3 is 2.71 bits per heavy atom. The monoisotopic (exact) mass is 289 g/mol. The molecule has 21 heavy (non-hydrogen) atoms. The summed E-state index contributed by atoms with van der Waals surface area (Å²) < 4.78 is 18.4. The van der Waals surface area contributed by atoms with Crippen LogP contribution in [0.3, 0.4) is 0 Å². The van der Waals surface area contributed by atoms with Crippen LogP contribution in [-0.2, 0) is 11.3 Å². The third kappa shape index (κ3) is 3.98. The SMILES string of the molecule is CCCNc1cc(COC)nc(-c2ccc(F)cc2C)n1. The van der Waals surface area contributed by atoms with Gasteiger partial charge in [-0.1, -0.05) is 6.92 Å². The van der Waals surface area contributed by atoms with Gasteiger partial charge in [0.15, 0.2) is 5.82 Å². The van der Waals surface area contributed by atoms with E-state index in [1.165, 1.54) is 12.1 Å². The standard InChI is InChI=1S/C16H20FN3O/c1-4-7-18-15-9-13(10-21-3)19-16(20-15)14-6-5-12(17)8-11(14)2/h5-6,8-9H,4,7,10H2,1-3H3,(H,18,19,20). The van der Waals surface area contributed by atoms with Crippen molar-refractivity contribution in [2.75, 3.05) is 19.0 Å². The average Bonchev–Trinajstić information content (AvgIpc) is 2.45. The highest BCUT2D eigenvalue weighted by molar-refractivity contribution is 5.61. The van der Waals surface area contributed by atoms with Crippen LogP contribution < -0.4 is 5.32 Å². The second-order valence-electron chi connectivity index (χ2n) is 4.89. The van der Waals surface area contributed by atoms with E-state index < -0.39 is 0 Å². The van der Waals surface area contributed by atoms with Gasteiger partial charge in [0.05, 0.1) is 12.3 Å². The molecule has 112 valence electrons. The second-order valence-corrected chi connectivity index (χ2v) is 4.89. The Hall–Kier alpha value is -2.01. The number of rotatable bonds is 6. The van der Waals surface area contributed by atoms with E-state index in [0.29, 0.717) is 12.4 Å². The molecular weight excluding hydrogens is 269 g/mol. The topological polar surface area (TPSA) is 47.0 Å². The predicted octanol–water partition coefficient (Wildman–Crippen LogP) is 3.56. The maximum Gasteiger partial charge on any atom is 0.162 e. The number of benzene rings is 1. The minimum Gasteiger partial charge on any atom is -0.378 e. The summed E-state index contributed by atoms with van der Waals surface area (Å²) in [6.45, 7) is 5.20. The van der Waals surface area contributed by atoms with E-state index in [1.807, 2.05) is 13.0 Å². The van der Waals surface area contributed by atoms with Gasteiger partial charge in [-0.05, 0) is 37.1 Å². The Morgan fingerprint density at radius 1 is 1.24 bits per heavy atom. The predicted molar refractivity (Wildman–Crippen MR) is 81.7 cm³/mol. The van der Waals surface area contributed by atoms with Crippen molar-refractivity contribution in [1.82, 2.24) is 9.97 Å². The van der Waals surface area contributed by atoms with Crippen molar-refractivity contribution in [3.8, 4) is 11.4 Å². The summed E-state index contributed by atoms with van der Waals surface area (Å²) in [4.78, 5) is 9.01. The number of anilines is 1. The van der Waals surface area contributed by atoms with Crippen LogP contribution in [-0.4, -0.2) is 23.6 Å². The lowest BCUT2D eigenvalue weighted by molar-refractivity contribution is 0.181. The number of hydrogen-bond donors (Lipinski definition) is 1. The van der Waals surface area contributed by atoms with Crippen LogP contribution in [0.1, 0.15) is 24.6 Å². The van der Waals surface area contributed by atoms with Crippen LogP contribution in [0.4, 0.5) is 10.2 Å². The molecule has 0 bridgehead atoms. The summed E-state index contributed by atoms with van der Waals surface area (Å²) >= 11 is 0. The molecule has 0 unspecified atom stereocenters. The van der Waals surface area contributed by atoms with Gasteiger partial charge in [-0.3, -0.25) is 0 Å². The molecule has 5 heteroatoms. The Kier molecular flexibility index (Phi) is 5.22. The first-order valence-corrected chi connectivity index (χ1v) is 7.01. The van der Waals surface area contributed by atoms with Crippen LogP contribution >= 0.6 is 0 Å². The van der Waals surface area contributed by atoms with Crippen molar-refractivity contribution in [2.24, 2.45) is 0 Å². The van der Waals surface area contributed by atoms with E-state index in [2.05, 4.69) is 22.2 Å². The second kappa shape index (κ2) is 7.13. The summed E-state index contributed by atoms with van der Waals surface area (Å²) in [5, 5.41) is 3.25. The Bertz CT molecular complexity index is 616. The molecule has 0 atom stereocenters. The van der Waals surface area contributed by atoms with E-state index in [-0.39, 0.29) is 5.82 Å². The molecule has 0 aliphatic heterocycles. The largest absolute Gasteiger partial charge is 0.378 e. The highest BCUT2D eigenvalue weighted by Crippen LogP contribution is 2.23. The smallest absolute Gasteiger partial charge is 0.162 e. The molecule has 2 rings (SSSR count). The number of aryl methyl sites for hydroxylation is 1. The lowest BCUT2D eigenvalue weighted by atomic mass is 10.1. The first-order chi connectivity index (χ1) is 10.1. The van der Waals surface area contributed by atoms with Gasteiger partial charge in [-0.25, -0.2) is 14.4 Å². The molecule has 1 aromatic carbocycles. The molecule has 0 saturated heterocycles. The fourth-order valence-electron chi connectivity index (χ4n) is 2.06. The van der Waals surface area contributed by atoms with Crippen LogP contribution in [0, 0.1) is 12.7 Å². The van der Waals surface area contributed by atoms with E-state index in [9.17, 15) is 4.39 Å². The molecule has 0 aliphatic rings. The minimum absolute atomic E-state index is 0.256. The molecule has 0 aliphatic carbocycles. The fraction of sp³-hybridized carbons (Fsp3) is 0.375. The van der Waals surface area contributed by atoms with E-state index >= 15 is 0 Å². The van der Waals surface area contributed by atoms with Crippen molar-refractivity contribution in [3.63, 3.8) is 0 Å². The molecular formula is C16H20FN3O. The minimum atomic E-state index is -0.256. The van der Waals surface area contributed by atoms with Gasteiger partial charge < -0.3 is 10.1 Å². The van der Waals surface area contributed by atoms with Crippen LogP contribution in [0.15, 0.2) is 24.3 Å². The Morgan fingerprint density at radius 2 is 2.05 bits per heavy atom. The van der Waals surface area contributed by atoms with Crippen molar-refractivity contribution in [2.45, 2.75) is 26.9 Å². The Labute approximate surface area is 124 Å². The first kappa shape index (κ1) is 15.4. The number of nitrogens with one attached hydrogen (secondary N) is 1. The summed E-state index contributed by atoms with van der Waals surface area (Å²) in [5.41, 5.74) is 2.43. The molecule has 0 amide bonds. The van der Waals surface area contributed by atoms with Gasteiger partial charge in [0.2, 0.25) is 0 Å². The van der Waals surface area contributed by atoms with Gasteiger partial charge in [0.25, 0.3) is 0 Å². The number of halogens is 1. The molecule has 0 saturated carbocycles. The lowest BCUT2D eigenvalue weighted by Crippen LogP contribution is -2.06. The van der Waals surface area contributed by atoms with Gasteiger partial charge in [0, 0.05) is 25.3 Å². The van der Waals surface area contributed by atoms with Crippen LogP contribution in [0.5, 0.6) is 0 Å². The molecule has 1 N–H and O–H groups in total. The van der Waals surface area contributed by atoms with Crippen LogP contribution in [0.25, 0.3) is 11.4 Å². The van der Waals surface area contributed by atoms with Crippen molar-refractivity contribution in [1.29, 1.82) is 0 Å². The third-order valence-electron chi connectivity index (χ3n) is 3.06. The third-order valence-corrected chi connectivity index (χ3v) is 3.06. The van der Waals surface area contributed by atoms with Crippen LogP contribution in [0.2, 0.25) is 0 Å². The number of ether oxygens (including phenoxy) is 1.